The van der Waals surface area contributed by atoms with Crippen molar-refractivity contribution >= 4 is 11.6 Å². The molecule has 1 aliphatic heterocycles. The van der Waals surface area contributed by atoms with E-state index in [-0.39, 0.29) is 5.91 Å². The highest BCUT2D eigenvalue weighted by Gasteiger charge is 2.16. The van der Waals surface area contributed by atoms with Crippen LogP contribution < -0.4 is 5.32 Å². The highest BCUT2D eigenvalue weighted by Crippen LogP contribution is 2.25. The number of hydrogen-bond donors (Lipinski definition) is 1. The van der Waals surface area contributed by atoms with Crippen LogP contribution >= 0.6 is 0 Å². The van der Waals surface area contributed by atoms with E-state index in [9.17, 15) is 4.79 Å². The summed E-state index contributed by atoms with van der Waals surface area (Å²) in [6.07, 6.45) is 5.30. The van der Waals surface area contributed by atoms with Crippen molar-refractivity contribution in [3.05, 3.63) is 65.2 Å². The molecule has 1 aliphatic carbocycles. The van der Waals surface area contributed by atoms with Crippen molar-refractivity contribution < 1.29 is 4.79 Å². The minimum Gasteiger partial charge on any atom is -0.326 e. The summed E-state index contributed by atoms with van der Waals surface area (Å²) in [5.74, 6) is 0.128. The van der Waals surface area contributed by atoms with E-state index < -0.39 is 0 Å². The van der Waals surface area contributed by atoms with Crippen LogP contribution in [0.1, 0.15) is 36.0 Å². The number of benzene rings is 2. The van der Waals surface area contributed by atoms with Crippen molar-refractivity contribution in [1.29, 1.82) is 0 Å². The number of fused-ring (bicyclic) bond motifs is 1. The van der Waals surface area contributed by atoms with Crippen LogP contribution in [0.2, 0.25) is 0 Å². The molecule has 1 saturated heterocycles. The van der Waals surface area contributed by atoms with E-state index in [0.29, 0.717) is 6.42 Å². The zero-order valence-electron chi connectivity index (χ0n) is 16.7. The first-order valence-electron chi connectivity index (χ1n) is 10.7. The lowest BCUT2D eigenvalue weighted by atomic mass is 10.1. The van der Waals surface area contributed by atoms with Crippen molar-refractivity contribution in [2.75, 3.05) is 38.0 Å². The third kappa shape index (κ3) is 5.21. The maximum absolute atomic E-state index is 12.4. The Morgan fingerprint density at radius 1 is 0.857 bits per heavy atom. The molecule has 0 saturated carbocycles. The summed E-state index contributed by atoms with van der Waals surface area (Å²) in [6, 6.07) is 17.1. The quantitative estimate of drug-likeness (QED) is 0.834. The van der Waals surface area contributed by atoms with Crippen LogP contribution in [0.5, 0.6) is 0 Å². The van der Waals surface area contributed by atoms with Crippen molar-refractivity contribution in [2.45, 2.75) is 38.6 Å². The largest absolute Gasteiger partial charge is 0.326 e. The minimum absolute atomic E-state index is 0.128. The number of anilines is 1. The van der Waals surface area contributed by atoms with Gasteiger partial charge < -0.3 is 10.2 Å². The molecule has 0 bridgehead atoms. The normalized spacial score (nSPS) is 17.9. The van der Waals surface area contributed by atoms with Gasteiger partial charge in [-0.05, 0) is 67.6 Å². The number of amides is 1. The second kappa shape index (κ2) is 9.35. The Hall–Kier alpha value is -2.17. The predicted octanol–water partition coefficient (Wildman–Crippen LogP) is 3.71. The van der Waals surface area contributed by atoms with Gasteiger partial charge in [-0.25, -0.2) is 0 Å². The number of hydrogen-bond acceptors (Lipinski definition) is 3. The fourth-order valence-electron chi connectivity index (χ4n) is 4.38. The smallest absolute Gasteiger partial charge is 0.225 e. The molecule has 28 heavy (non-hydrogen) atoms. The number of carbonyl (C=O) groups excluding carboxylic acids is 1. The van der Waals surface area contributed by atoms with E-state index in [1.807, 2.05) is 0 Å². The maximum Gasteiger partial charge on any atom is 0.225 e. The zero-order chi connectivity index (χ0) is 19.2. The van der Waals surface area contributed by atoms with Crippen LogP contribution in [0.25, 0.3) is 0 Å². The van der Waals surface area contributed by atoms with E-state index in [4.69, 9.17) is 0 Å². The molecule has 0 spiro atoms. The molecule has 0 aromatic heterocycles. The third-order valence-electron chi connectivity index (χ3n) is 5.97. The van der Waals surface area contributed by atoms with Gasteiger partial charge in [-0.15, -0.1) is 0 Å². The van der Waals surface area contributed by atoms with Crippen molar-refractivity contribution in [1.82, 2.24) is 9.80 Å². The van der Waals surface area contributed by atoms with Gasteiger partial charge in [0.1, 0.15) is 0 Å². The fraction of sp³-hybridized carbons (Fsp3) is 0.458. The molecule has 2 aliphatic rings. The number of rotatable bonds is 6. The number of nitrogens with zero attached hydrogens (tertiary/aromatic N) is 2. The zero-order valence-corrected chi connectivity index (χ0v) is 16.7. The van der Waals surface area contributed by atoms with Gasteiger partial charge in [0.25, 0.3) is 0 Å². The summed E-state index contributed by atoms with van der Waals surface area (Å²) in [4.78, 5) is 17.4. The van der Waals surface area contributed by atoms with Crippen LogP contribution in [-0.4, -0.2) is 48.4 Å². The first-order valence-corrected chi connectivity index (χ1v) is 10.7. The van der Waals surface area contributed by atoms with Crippen molar-refractivity contribution in [2.24, 2.45) is 0 Å². The first-order chi connectivity index (χ1) is 13.8. The lowest BCUT2D eigenvalue weighted by Gasteiger charge is -2.21. The Morgan fingerprint density at radius 2 is 1.64 bits per heavy atom. The van der Waals surface area contributed by atoms with Crippen LogP contribution in [0.15, 0.2) is 48.5 Å². The van der Waals surface area contributed by atoms with Gasteiger partial charge >= 0.3 is 0 Å². The molecule has 1 fully saturated rings. The Morgan fingerprint density at radius 3 is 2.54 bits per heavy atom. The van der Waals surface area contributed by atoms with Crippen LogP contribution in [0.4, 0.5) is 5.69 Å². The van der Waals surface area contributed by atoms with Gasteiger partial charge in [0, 0.05) is 38.3 Å². The average molecular weight is 378 g/mol. The molecule has 0 radical (unpaired) electrons. The summed E-state index contributed by atoms with van der Waals surface area (Å²) in [7, 11) is 0. The maximum atomic E-state index is 12.4. The average Bonchev–Trinajstić information content (AvgIpc) is 3.06. The molecule has 0 unspecified atom stereocenters. The van der Waals surface area contributed by atoms with Crippen LogP contribution in [0.3, 0.4) is 0 Å². The molecule has 4 rings (SSSR count). The van der Waals surface area contributed by atoms with Crippen molar-refractivity contribution in [3.8, 4) is 0 Å². The fourth-order valence-corrected chi connectivity index (χ4v) is 4.38. The topological polar surface area (TPSA) is 35.6 Å². The third-order valence-corrected chi connectivity index (χ3v) is 5.97. The number of aryl methyl sites for hydroxylation is 2. The van der Waals surface area contributed by atoms with Crippen LogP contribution in [0, 0.1) is 0 Å². The molecule has 148 valence electrons. The van der Waals surface area contributed by atoms with Gasteiger partial charge in [0.2, 0.25) is 5.91 Å². The Kier molecular flexibility index (Phi) is 6.40. The van der Waals surface area contributed by atoms with E-state index in [1.165, 1.54) is 36.0 Å². The first kappa shape index (κ1) is 19.2. The summed E-state index contributed by atoms with van der Waals surface area (Å²) < 4.78 is 0. The Labute approximate surface area is 168 Å². The molecular formula is C24H31N3O. The SMILES string of the molecule is O=C(CCN1CCCN(Cc2ccccc2)CC1)Nc1ccc2c(c1)CCC2. The molecule has 2 aromatic rings. The Bertz CT molecular complexity index is 790. The highest BCUT2D eigenvalue weighted by molar-refractivity contribution is 5.91. The molecule has 4 heteroatoms. The van der Waals surface area contributed by atoms with Gasteiger partial charge in [-0.2, -0.15) is 0 Å². The standard InChI is InChI=1S/C24H31N3O/c28-24(25-23-11-10-21-8-4-9-22(21)18-23)12-15-26-13-5-14-27(17-16-26)19-20-6-2-1-3-7-20/h1-3,6-7,10-11,18H,4-5,8-9,12-17,19H2,(H,25,28). The van der Waals surface area contributed by atoms with Gasteiger partial charge in [-0.3, -0.25) is 9.69 Å². The van der Waals surface area contributed by atoms with E-state index in [2.05, 4.69) is 63.6 Å². The Balaban J connectivity index is 1.21. The molecule has 1 N–H and O–H groups in total. The molecule has 0 atom stereocenters. The molecule has 4 nitrogen and oxygen atoms in total. The number of nitrogens with one attached hydrogen (secondary N) is 1. The van der Waals surface area contributed by atoms with E-state index in [0.717, 1.165) is 51.4 Å². The van der Waals surface area contributed by atoms with Crippen molar-refractivity contribution in [3.63, 3.8) is 0 Å². The number of carbonyl (C=O) groups is 1. The van der Waals surface area contributed by atoms with Crippen LogP contribution in [-0.2, 0) is 24.2 Å². The summed E-state index contributed by atoms with van der Waals surface area (Å²) >= 11 is 0. The predicted molar refractivity (Wildman–Crippen MR) is 114 cm³/mol. The molecular weight excluding hydrogens is 346 g/mol. The van der Waals surface area contributed by atoms with Gasteiger partial charge in [0.15, 0.2) is 0 Å². The lowest BCUT2D eigenvalue weighted by molar-refractivity contribution is -0.116. The summed E-state index contributed by atoms with van der Waals surface area (Å²) in [6.45, 7) is 6.19. The lowest BCUT2D eigenvalue weighted by Crippen LogP contribution is -2.32. The second-order valence-corrected chi connectivity index (χ2v) is 8.09. The molecule has 1 amide bonds. The minimum atomic E-state index is 0.128. The molecule has 1 heterocycles. The highest BCUT2D eigenvalue weighted by atomic mass is 16.1. The van der Waals surface area contributed by atoms with E-state index in [1.54, 1.807) is 0 Å². The summed E-state index contributed by atoms with van der Waals surface area (Å²) in [5.41, 5.74) is 5.19. The second-order valence-electron chi connectivity index (χ2n) is 8.09. The van der Waals surface area contributed by atoms with Gasteiger partial charge in [-0.1, -0.05) is 36.4 Å². The van der Waals surface area contributed by atoms with E-state index >= 15 is 0 Å². The monoisotopic (exact) mass is 377 g/mol. The summed E-state index contributed by atoms with van der Waals surface area (Å²) in [5, 5.41) is 3.09. The van der Waals surface area contributed by atoms with Gasteiger partial charge in [0.05, 0.1) is 0 Å². The molecule has 2 aromatic carbocycles.